The Labute approximate surface area is 103 Å². The Morgan fingerprint density at radius 3 is 2.75 bits per heavy atom. The zero-order chi connectivity index (χ0) is 11.7. The van der Waals surface area contributed by atoms with Crippen molar-refractivity contribution in [1.82, 2.24) is 5.16 Å². The average molecular weight is 281 g/mol. The maximum atomic E-state index is 5.78. The van der Waals surface area contributed by atoms with Crippen LogP contribution in [0.15, 0.2) is 33.3 Å². The third-order valence-electron chi connectivity index (χ3n) is 2.43. The fourth-order valence-corrected chi connectivity index (χ4v) is 2.11. The maximum absolute atomic E-state index is 5.78. The fraction of sp³-hybridized carbons (Fsp3) is 0.250. The predicted molar refractivity (Wildman–Crippen MR) is 68.1 cm³/mol. The minimum absolute atomic E-state index is 0.292. The molecule has 0 spiro atoms. The summed E-state index contributed by atoms with van der Waals surface area (Å²) in [6.45, 7) is 4.15. The number of benzene rings is 1. The average Bonchev–Trinajstić information content (AvgIpc) is 2.60. The second-order valence-corrected chi connectivity index (χ2v) is 4.89. The monoisotopic (exact) mass is 280 g/mol. The molecule has 0 saturated heterocycles. The van der Waals surface area contributed by atoms with Gasteiger partial charge in [-0.15, -0.1) is 0 Å². The van der Waals surface area contributed by atoms with Crippen LogP contribution in [0.25, 0.3) is 11.3 Å². The van der Waals surface area contributed by atoms with Gasteiger partial charge in [0.1, 0.15) is 5.69 Å². The largest absolute Gasteiger partial charge is 0.367 e. The molecular weight excluding hydrogens is 268 g/mol. The lowest BCUT2D eigenvalue weighted by Crippen LogP contribution is -1.94. The molecule has 0 atom stereocenters. The standard InChI is InChI=1S/C12H13BrN2O/c1-7(2)10-11(15-16-12(10)14)8-4-3-5-9(13)6-8/h3-7H,14H2,1-2H3. The molecule has 0 amide bonds. The van der Waals surface area contributed by atoms with Gasteiger partial charge in [0.05, 0.1) is 0 Å². The third-order valence-corrected chi connectivity index (χ3v) is 2.92. The summed E-state index contributed by atoms with van der Waals surface area (Å²) in [5.41, 5.74) is 8.59. The van der Waals surface area contributed by atoms with E-state index in [4.69, 9.17) is 10.3 Å². The van der Waals surface area contributed by atoms with E-state index < -0.39 is 0 Å². The Bertz CT molecular complexity index is 505. The topological polar surface area (TPSA) is 52.0 Å². The van der Waals surface area contributed by atoms with Crippen LogP contribution in [0, 0.1) is 0 Å². The van der Waals surface area contributed by atoms with Crippen molar-refractivity contribution in [3.05, 3.63) is 34.3 Å². The van der Waals surface area contributed by atoms with Crippen LogP contribution < -0.4 is 5.73 Å². The normalized spacial score (nSPS) is 11.0. The smallest absolute Gasteiger partial charge is 0.226 e. The molecule has 3 nitrogen and oxygen atoms in total. The lowest BCUT2D eigenvalue weighted by atomic mass is 9.99. The second kappa shape index (κ2) is 4.29. The van der Waals surface area contributed by atoms with Crippen LogP contribution in [-0.2, 0) is 0 Å². The highest BCUT2D eigenvalue weighted by atomic mass is 79.9. The lowest BCUT2D eigenvalue weighted by molar-refractivity contribution is 0.438. The molecule has 1 heterocycles. The molecule has 0 aliphatic rings. The van der Waals surface area contributed by atoms with Crippen molar-refractivity contribution in [3.63, 3.8) is 0 Å². The molecule has 0 aliphatic carbocycles. The Balaban J connectivity index is 2.56. The lowest BCUT2D eigenvalue weighted by Gasteiger charge is -2.05. The van der Waals surface area contributed by atoms with Crippen LogP contribution in [0.2, 0.25) is 0 Å². The van der Waals surface area contributed by atoms with E-state index in [-0.39, 0.29) is 0 Å². The zero-order valence-electron chi connectivity index (χ0n) is 9.20. The van der Waals surface area contributed by atoms with Gasteiger partial charge in [0, 0.05) is 15.6 Å². The van der Waals surface area contributed by atoms with Crippen LogP contribution >= 0.6 is 15.9 Å². The number of hydrogen-bond donors (Lipinski definition) is 1. The predicted octanol–water partition coefficient (Wildman–Crippen LogP) is 3.81. The molecule has 0 fully saturated rings. The van der Waals surface area contributed by atoms with Crippen molar-refractivity contribution in [2.24, 2.45) is 0 Å². The van der Waals surface area contributed by atoms with Crippen LogP contribution in [-0.4, -0.2) is 5.16 Å². The molecule has 2 aromatic rings. The molecule has 16 heavy (non-hydrogen) atoms. The van der Waals surface area contributed by atoms with Gasteiger partial charge >= 0.3 is 0 Å². The van der Waals surface area contributed by atoms with Crippen molar-refractivity contribution in [2.45, 2.75) is 19.8 Å². The molecule has 1 aromatic heterocycles. The number of nitrogens with two attached hydrogens (primary N) is 1. The molecule has 1 aromatic carbocycles. The van der Waals surface area contributed by atoms with Gasteiger partial charge in [0.2, 0.25) is 5.88 Å². The van der Waals surface area contributed by atoms with Crippen LogP contribution in [0.4, 0.5) is 5.88 Å². The molecule has 0 radical (unpaired) electrons. The Morgan fingerprint density at radius 1 is 1.38 bits per heavy atom. The highest BCUT2D eigenvalue weighted by Gasteiger charge is 2.18. The van der Waals surface area contributed by atoms with E-state index in [0.717, 1.165) is 21.3 Å². The molecule has 84 valence electrons. The summed E-state index contributed by atoms with van der Waals surface area (Å²) in [7, 11) is 0. The minimum Gasteiger partial charge on any atom is -0.367 e. The van der Waals surface area contributed by atoms with E-state index in [1.165, 1.54) is 0 Å². The molecule has 0 bridgehead atoms. The third kappa shape index (κ3) is 1.97. The van der Waals surface area contributed by atoms with E-state index >= 15 is 0 Å². The van der Waals surface area contributed by atoms with Gasteiger partial charge in [-0.05, 0) is 18.1 Å². The fourth-order valence-electron chi connectivity index (χ4n) is 1.71. The first-order valence-corrected chi connectivity index (χ1v) is 5.90. The van der Waals surface area contributed by atoms with Crippen molar-refractivity contribution < 1.29 is 4.52 Å². The van der Waals surface area contributed by atoms with E-state index in [0.29, 0.717) is 11.8 Å². The number of hydrogen-bond acceptors (Lipinski definition) is 3. The number of anilines is 1. The molecular formula is C12H13BrN2O. The highest BCUT2D eigenvalue weighted by Crippen LogP contribution is 2.33. The Kier molecular flexibility index (Phi) is 3.01. The molecule has 0 aliphatic heterocycles. The van der Waals surface area contributed by atoms with Crippen molar-refractivity contribution in [3.8, 4) is 11.3 Å². The van der Waals surface area contributed by atoms with Gasteiger partial charge in [-0.25, -0.2) is 0 Å². The molecule has 4 heteroatoms. The molecule has 0 unspecified atom stereocenters. The van der Waals surface area contributed by atoms with Gasteiger partial charge in [-0.1, -0.05) is 47.1 Å². The summed E-state index contributed by atoms with van der Waals surface area (Å²) in [6.07, 6.45) is 0. The summed E-state index contributed by atoms with van der Waals surface area (Å²) in [6, 6.07) is 7.94. The highest BCUT2D eigenvalue weighted by molar-refractivity contribution is 9.10. The number of aromatic nitrogens is 1. The number of halogens is 1. The van der Waals surface area contributed by atoms with E-state index in [1.54, 1.807) is 0 Å². The molecule has 2 rings (SSSR count). The van der Waals surface area contributed by atoms with Crippen LogP contribution in [0.3, 0.4) is 0 Å². The zero-order valence-corrected chi connectivity index (χ0v) is 10.8. The molecule has 2 N–H and O–H groups in total. The quantitative estimate of drug-likeness (QED) is 0.910. The summed E-state index contributed by atoms with van der Waals surface area (Å²) in [4.78, 5) is 0. The van der Waals surface area contributed by atoms with E-state index in [2.05, 4.69) is 34.9 Å². The summed E-state index contributed by atoms with van der Waals surface area (Å²) in [5.74, 6) is 0.699. The van der Waals surface area contributed by atoms with Crippen LogP contribution in [0.5, 0.6) is 0 Å². The first-order valence-electron chi connectivity index (χ1n) is 5.10. The second-order valence-electron chi connectivity index (χ2n) is 3.97. The van der Waals surface area contributed by atoms with Crippen molar-refractivity contribution >= 4 is 21.8 Å². The Hall–Kier alpha value is -1.29. The van der Waals surface area contributed by atoms with Gasteiger partial charge < -0.3 is 10.3 Å². The first-order chi connectivity index (χ1) is 7.59. The SMILES string of the molecule is CC(C)c1c(-c2cccc(Br)c2)noc1N. The maximum Gasteiger partial charge on any atom is 0.226 e. The van der Waals surface area contributed by atoms with Gasteiger partial charge in [-0.2, -0.15) is 0 Å². The number of rotatable bonds is 2. The van der Waals surface area contributed by atoms with E-state index in [9.17, 15) is 0 Å². The Morgan fingerprint density at radius 2 is 2.12 bits per heavy atom. The first kappa shape index (κ1) is 11.2. The van der Waals surface area contributed by atoms with Gasteiger partial charge in [-0.3, -0.25) is 0 Å². The minimum atomic E-state index is 0.292. The van der Waals surface area contributed by atoms with Gasteiger partial charge in [0.25, 0.3) is 0 Å². The summed E-state index contributed by atoms with van der Waals surface area (Å²) >= 11 is 3.44. The number of nitrogens with zero attached hydrogens (tertiary/aromatic N) is 1. The van der Waals surface area contributed by atoms with Crippen LogP contribution in [0.1, 0.15) is 25.3 Å². The van der Waals surface area contributed by atoms with Gasteiger partial charge in [0.15, 0.2) is 0 Å². The summed E-state index contributed by atoms with van der Waals surface area (Å²) in [5, 5.41) is 4.03. The molecule has 0 saturated carbocycles. The van der Waals surface area contributed by atoms with Crippen molar-refractivity contribution in [2.75, 3.05) is 5.73 Å². The van der Waals surface area contributed by atoms with E-state index in [1.807, 2.05) is 24.3 Å². The number of nitrogen functional groups attached to an aromatic ring is 1. The summed E-state index contributed by atoms with van der Waals surface area (Å²) < 4.78 is 6.08. The van der Waals surface area contributed by atoms with Crippen molar-refractivity contribution in [1.29, 1.82) is 0 Å².